The number of ether oxygens (including phenoxy) is 2. The van der Waals surface area contributed by atoms with Crippen molar-refractivity contribution >= 4 is 22.1 Å². The van der Waals surface area contributed by atoms with Gasteiger partial charge in [0.2, 0.25) is 0 Å². The van der Waals surface area contributed by atoms with Gasteiger partial charge in [0.25, 0.3) is 0 Å². The number of hydrogen-bond donors (Lipinski definition) is 0. The second-order valence-corrected chi connectivity index (χ2v) is 5.06. The summed E-state index contributed by atoms with van der Waals surface area (Å²) in [6.07, 6.45) is 0.934. The van der Waals surface area contributed by atoms with Gasteiger partial charge in [-0.3, -0.25) is 0 Å². The Bertz CT molecular complexity index is 206. The van der Waals surface area contributed by atoms with E-state index in [-0.39, 0.29) is 0 Å². The van der Waals surface area contributed by atoms with Crippen LogP contribution in [0.4, 0.5) is 4.79 Å². The van der Waals surface area contributed by atoms with Crippen LogP contribution < -0.4 is 0 Å². The summed E-state index contributed by atoms with van der Waals surface area (Å²) >= 11 is 3.22. The minimum absolute atomic E-state index is 0.361. The van der Waals surface area contributed by atoms with Gasteiger partial charge in [0.05, 0.1) is 6.61 Å². The van der Waals surface area contributed by atoms with Crippen LogP contribution in [0.5, 0.6) is 0 Å². The van der Waals surface area contributed by atoms with Crippen LogP contribution in [-0.2, 0) is 9.47 Å². The number of carbonyl (C=O) groups excluding carboxylic acids is 1. The van der Waals surface area contributed by atoms with E-state index in [9.17, 15) is 4.79 Å². The van der Waals surface area contributed by atoms with Gasteiger partial charge in [0.1, 0.15) is 5.60 Å². The van der Waals surface area contributed by atoms with E-state index < -0.39 is 11.8 Å². The first-order valence-electron chi connectivity index (χ1n) is 4.50. The molecule has 0 amide bonds. The van der Waals surface area contributed by atoms with Crippen LogP contribution in [0.1, 0.15) is 33.6 Å². The second kappa shape index (κ2) is 6.06. The SMILES string of the molecule is C=C(Br)CCCOC(=O)OC(C)(C)C. The highest BCUT2D eigenvalue weighted by Gasteiger charge is 2.16. The summed E-state index contributed by atoms with van der Waals surface area (Å²) in [6.45, 7) is 9.44. The van der Waals surface area contributed by atoms with Gasteiger partial charge in [-0.2, -0.15) is 0 Å². The minimum atomic E-state index is -0.613. The van der Waals surface area contributed by atoms with Crippen molar-refractivity contribution in [3.05, 3.63) is 11.1 Å². The van der Waals surface area contributed by atoms with Gasteiger partial charge in [-0.05, 0) is 38.1 Å². The molecule has 0 aromatic heterocycles. The van der Waals surface area contributed by atoms with Crippen molar-refractivity contribution in [1.82, 2.24) is 0 Å². The first-order chi connectivity index (χ1) is 6.31. The molecule has 0 saturated carbocycles. The zero-order valence-electron chi connectivity index (χ0n) is 8.93. The molecule has 0 aliphatic heterocycles. The molecule has 0 spiro atoms. The Balaban J connectivity index is 3.50. The van der Waals surface area contributed by atoms with Crippen LogP contribution in [0.25, 0.3) is 0 Å². The highest BCUT2D eigenvalue weighted by atomic mass is 79.9. The molecule has 0 aliphatic carbocycles. The van der Waals surface area contributed by atoms with Gasteiger partial charge < -0.3 is 9.47 Å². The predicted molar refractivity (Wildman–Crippen MR) is 59.5 cm³/mol. The average Bonchev–Trinajstić information content (AvgIpc) is 1.94. The van der Waals surface area contributed by atoms with Gasteiger partial charge in [0.15, 0.2) is 0 Å². The van der Waals surface area contributed by atoms with Gasteiger partial charge >= 0.3 is 6.16 Å². The maximum atomic E-state index is 11.0. The molecular formula is C10H17BrO3. The first-order valence-corrected chi connectivity index (χ1v) is 5.29. The van der Waals surface area contributed by atoms with Gasteiger partial charge in [-0.1, -0.05) is 22.5 Å². The molecule has 0 radical (unpaired) electrons. The van der Waals surface area contributed by atoms with E-state index in [4.69, 9.17) is 9.47 Å². The number of rotatable bonds is 4. The molecule has 0 bridgehead atoms. The van der Waals surface area contributed by atoms with Crippen LogP contribution in [0.3, 0.4) is 0 Å². The first kappa shape index (κ1) is 13.5. The van der Waals surface area contributed by atoms with Crippen molar-refractivity contribution in [2.75, 3.05) is 6.61 Å². The van der Waals surface area contributed by atoms with Crippen LogP contribution in [0.15, 0.2) is 11.1 Å². The Kier molecular flexibility index (Phi) is 5.84. The quantitative estimate of drug-likeness (QED) is 0.575. The smallest absolute Gasteiger partial charge is 0.434 e. The van der Waals surface area contributed by atoms with Crippen LogP contribution in [0, 0.1) is 0 Å². The molecule has 0 fully saturated rings. The van der Waals surface area contributed by atoms with Crippen LogP contribution >= 0.6 is 15.9 Å². The lowest BCUT2D eigenvalue weighted by Crippen LogP contribution is -2.24. The summed E-state index contributed by atoms with van der Waals surface area (Å²) in [5.74, 6) is 0. The highest BCUT2D eigenvalue weighted by molar-refractivity contribution is 9.11. The topological polar surface area (TPSA) is 35.5 Å². The third kappa shape index (κ3) is 9.58. The van der Waals surface area contributed by atoms with E-state index in [1.807, 2.05) is 0 Å². The van der Waals surface area contributed by atoms with E-state index in [0.717, 1.165) is 17.3 Å². The minimum Gasteiger partial charge on any atom is -0.434 e. The molecule has 0 rings (SSSR count). The van der Waals surface area contributed by atoms with Crippen molar-refractivity contribution in [3.63, 3.8) is 0 Å². The average molecular weight is 265 g/mol. The van der Waals surface area contributed by atoms with E-state index in [1.54, 1.807) is 20.8 Å². The molecule has 0 aromatic rings. The Morgan fingerprint density at radius 1 is 1.43 bits per heavy atom. The summed E-state index contributed by atoms with van der Waals surface area (Å²) in [5, 5.41) is 0. The molecule has 0 heterocycles. The Hall–Kier alpha value is -0.510. The number of allylic oxidation sites excluding steroid dienone is 1. The summed E-state index contributed by atoms with van der Waals surface area (Å²) in [6, 6.07) is 0. The Morgan fingerprint density at radius 2 is 2.00 bits per heavy atom. The molecule has 0 unspecified atom stereocenters. The van der Waals surface area contributed by atoms with Gasteiger partial charge in [-0.25, -0.2) is 4.79 Å². The Labute approximate surface area is 93.6 Å². The van der Waals surface area contributed by atoms with Gasteiger partial charge in [-0.15, -0.1) is 0 Å². The van der Waals surface area contributed by atoms with Gasteiger partial charge in [0, 0.05) is 0 Å². The lowest BCUT2D eigenvalue weighted by atomic mass is 10.2. The third-order valence-electron chi connectivity index (χ3n) is 1.20. The van der Waals surface area contributed by atoms with E-state index in [2.05, 4.69) is 22.5 Å². The normalized spacial score (nSPS) is 10.9. The molecule has 0 saturated heterocycles. The molecular weight excluding hydrogens is 248 g/mol. The molecule has 3 nitrogen and oxygen atoms in total. The standard InChI is InChI=1S/C10H17BrO3/c1-8(11)6-5-7-13-9(12)14-10(2,3)4/h1,5-7H2,2-4H3. The van der Waals surface area contributed by atoms with E-state index >= 15 is 0 Å². The van der Waals surface area contributed by atoms with E-state index in [0.29, 0.717) is 6.61 Å². The van der Waals surface area contributed by atoms with Crippen LogP contribution in [0.2, 0.25) is 0 Å². The molecule has 0 aliphatic rings. The summed E-state index contributed by atoms with van der Waals surface area (Å²) in [5.41, 5.74) is -0.490. The lowest BCUT2D eigenvalue weighted by molar-refractivity contribution is -0.00739. The zero-order chi connectivity index (χ0) is 11.2. The van der Waals surface area contributed by atoms with Crippen molar-refractivity contribution in [2.45, 2.75) is 39.2 Å². The summed E-state index contributed by atoms with van der Waals surface area (Å²) in [4.78, 5) is 11.0. The monoisotopic (exact) mass is 264 g/mol. The highest BCUT2D eigenvalue weighted by Crippen LogP contribution is 2.11. The zero-order valence-corrected chi connectivity index (χ0v) is 10.5. The maximum Gasteiger partial charge on any atom is 0.508 e. The molecule has 0 N–H and O–H groups in total. The van der Waals surface area contributed by atoms with Crippen molar-refractivity contribution in [3.8, 4) is 0 Å². The van der Waals surface area contributed by atoms with Crippen molar-refractivity contribution < 1.29 is 14.3 Å². The second-order valence-electron chi connectivity index (χ2n) is 3.93. The molecule has 82 valence electrons. The summed E-state index contributed by atoms with van der Waals surface area (Å²) in [7, 11) is 0. The third-order valence-corrected chi connectivity index (χ3v) is 1.60. The molecule has 0 atom stereocenters. The maximum absolute atomic E-state index is 11.0. The van der Waals surface area contributed by atoms with Crippen LogP contribution in [-0.4, -0.2) is 18.4 Å². The number of carbonyl (C=O) groups is 1. The lowest BCUT2D eigenvalue weighted by Gasteiger charge is -2.18. The van der Waals surface area contributed by atoms with Crippen molar-refractivity contribution in [1.29, 1.82) is 0 Å². The Morgan fingerprint density at radius 3 is 2.43 bits per heavy atom. The molecule has 0 aromatic carbocycles. The van der Waals surface area contributed by atoms with Crippen molar-refractivity contribution in [2.24, 2.45) is 0 Å². The fourth-order valence-corrected chi connectivity index (χ4v) is 0.979. The summed E-state index contributed by atoms with van der Waals surface area (Å²) < 4.78 is 10.7. The molecule has 14 heavy (non-hydrogen) atoms. The fourth-order valence-electron chi connectivity index (χ4n) is 0.699. The largest absolute Gasteiger partial charge is 0.508 e. The predicted octanol–water partition coefficient (Wildman–Crippen LogP) is 3.63. The van der Waals surface area contributed by atoms with E-state index in [1.165, 1.54) is 0 Å². The number of hydrogen-bond acceptors (Lipinski definition) is 3. The fraction of sp³-hybridized carbons (Fsp3) is 0.700. The number of halogens is 1. The molecule has 4 heteroatoms.